The average molecular weight is 387 g/mol. The number of sulfonamides is 1. The minimum Gasteiger partial charge on any atom is -0.206 e. The Balaban J connectivity index is 2.09. The first-order chi connectivity index (χ1) is 8.95. The maximum absolute atomic E-state index is 12.5. The zero-order valence-corrected chi connectivity index (χ0v) is 14.7. The van der Waals surface area contributed by atoms with E-state index in [1.165, 1.54) is 30.2 Å². The van der Waals surface area contributed by atoms with E-state index in [2.05, 4.69) is 22.9 Å². The summed E-state index contributed by atoms with van der Waals surface area (Å²) in [6.07, 6.45) is 4.30. The van der Waals surface area contributed by atoms with Gasteiger partial charge in [-0.2, -0.15) is 4.31 Å². The maximum atomic E-state index is 12.5. The molecule has 1 aliphatic heterocycles. The summed E-state index contributed by atoms with van der Waals surface area (Å²) in [7, 11) is -3.36. The van der Waals surface area contributed by atoms with Gasteiger partial charge in [0.05, 0.1) is 8.81 Å². The molecule has 2 rings (SSSR count). The molecule has 0 N–H and O–H groups in total. The van der Waals surface area contributed by atoms with E-state index in [1.807, 2.05) is 0 Å². The highest BCUT2D eigenvalue weighted by molar-refractivity contribution is 9.11. The molecule has 0 aliphatic carbocycles. The lowest BCUT2D eigenvalue weighted by Crippen LogP contribution is -2.38. The van der Waals surface area contributed by atoms with E-state index in [0.29, 0.717) is 32.0 Å². The molecule has 0 amide bonds. The molecule has 0 atom stereocenters. The largest absolute Gasteiger partial charge is 0.252 e. The fraction of sp³-hybridized carbons (Fsp3) is 0.667. The third kappa shape index (κ3) is 3.53. The summed E-state index contributed by atoms with van der Waals surface area (Å²) in [5.41, 5.74) is 0. The van der Waals surface area contributed by atoms with Crippen LogP contribution in [0.3, 0.4) is 0 Å². The van der Waals surface area contributed by atoms with E-state index in [9.17, 15) is 8.42 Å². The molecule has 19 heavy (non-hydrogen) atoms. The molecule has 0 bridgehead atoms. The fourth-order valence-electron chi connectivity index (χ4n) is 2.43. The summed E-state index contributed by atoms with van der Waals surface area (Å²) >= 11 is 10.4. The predicted molar refractivity (Wildman–Crippen MR) is 83.4 cm³/mol. The van der Waals surface area contributed by atoms with Gasteiger partial charge in [0.1, 0.15) is 4.21 Å². The van der Waals surface area contributed by atoms with Crippen LogP contribution in [0.1, 0.15) is 32.6 Å². The van der Waals surface area contributed by atoms with Crippen LogP contribution in [0.2, 0.25) is 5.02 Å². The normalized spacial score (nSPS) is 18.9. The highest BCUT2D eigenvalue weighted by Gasteiger charge is 2.30. The van der Waals surface area contributed by atoms with Gasteiger partial charge in [-0.15, -0.1) is 11.3 Å². The minimum absolute atomic E-state index is 0.332. The van der Waals surface area contributed by atoms with Crippen LogP contribution in [0.5, 0.6) is 0 Å². The van der Waals surface area contributed by atoms with Crippen molar-refractivity contribution in [2.75, 3.05) is 13.1 Å². The Bertz CT molecular complexity index is 516. The number of halogens is 2. The van der Waals surface area contributed by atoms with Crippen LogP contribution in [0, 0.1) is 5.92 Å². The Morgan fingerprint density at radius 1 is 1.47 bits per heavy atom. The summed E-state index contributed by atoms with van der Waals surface area (Å²) in [5, 5.41) is 0.462. The van der Waals surface area contributed by atoms with Gasteiger partial charge in [-0.05, 0) is 40.8 Å². The number of piperidine rings is 1. The smallest absolute Gasteiger partial charge is 0.206 e. The van der Waals surface area contributed by atoms with Gasteiger partial charge in [0.2, 0.25) is 0 Å². The van der Waals surface area contributed by atoms with Crippen molar-refractivity contribution in [3.05, 3.63) is 14.9 Å². The van der Waals surface area contributed by atoms with Crippen molar-refractivity contribution < 1.29 is 8.42 Å². The zero-order valence-electron chi connectivity index (χ0n) is 10.7. The Labute approximate surface area is 132 Å². The second kappa shape index (κ2) is 6.43. The molecule has 1 fully saturated rings. The lowest BCUT2D eigenvalue weighted by atomic mass is 9.94. The monoisotopic (exact) mass is 385 g/mol. The van der Waals surface area contributed by atoms with Gasteiger partial charge >= 0.3 is 0 Å². The molecule has 0 aromatic carbocycles. The van der Waals surface area contributed by atoms with Crippen molar-refractivity contribution in [1.29, 1.82) is 0 Å². The van der Waals surface area contributed by atoms with Gasteiger partial charge in [0.25, 0.3) is 10.0 Å². The molecule has 0 unspecified atom stereocenters. The van der Waals surface area contributed by atoms with Crippen molar-refractivity contribution in [2.24, 2.45) is 5.92 Å². The van der Waals surface area contributed by atoms with Crippen molar-refractivity contribution >= 4 is 48.9 Å². The Kier molecular flexibility index (Phi) is 5.34. The van der Waals surface area contributed by atoms with Gasteiger partial charge in [-0.3, -0.25) is 0 Å². The van der Waals surface area contributed by atoms with Crippen molar-refractivity contribution in [3.8, 4) is 0 Å². The molecule has 1 aromatic rings. The van der Waals surface area contributed by atoms with Crippen LogP contribution in [0.15, 0.2) is 14.1 Å². The fourth-order valence-corrected chi connectivity index (χ4v) is 6.45. The third-order valence-electron chi connectivity index (χ3n) is 3.49. The first kappa shape index (κ1) is 15.8. The molecule has 0 spiro atoms. The molecular formula is C12H17BrClNO2S2. The first-order valence-electron chi connectivity index (χ1n) is 6.40. The summed E-state index contributed by atoms with van der Waals surface area (Å²) in [6.45, 7) is 3.43. The molecule has 108 valence electrons. The summed E-state index contributed by atoms with van der Waals surface area (Å²) < 4.78 is 27.5. The molecule has 1 aromatic heterocycles. The Morgan fingerprint density at radius 3 is 2.58 bits per heavy atom. The molecular weight excluding hydrogens is 370 g/mol. The predicted octanol–water partition coefficient (Wildman–Crippen LogP) is 4.36. The SMILES string of the molecule is CCCC1CCN(S(=O)(=O)c2cc(Cl)c(Br)s2)CC1. The molecule has 1 saturated heterocycles. The van der Waals surface area contributed by atoms with Gasteiger partial charge in [0, 0.05) is 13.1 Å². The van der Waals surface area contributed by atoms with Gasteiger partial charge < -0.3 is 0 Å². The Morgan fingerprint density at radius 2 is 2.11 bits per heavy atom. The third-order valence-corrected chi connectivity index (χ3v) is 8.31. The zero-order chi connectivity index (χ0) is 14.0. The van der Waals surface area contributed by atoms with E-state index in [1.54, 1.807) is 4.31 Å². The van der Waals surface area contributed by atoms with E-state index in [0.717, 1.165) is 12.8 Å². The topological polar surface area (TPSA) is 37.4 Å². The molecule has 0 radical (unpaired) electrons. The number of hydrogen-bond donors (Lipinski definition) is 0. The second-order valence-electron chi connectivity index (χ2n) is 4.82. The average Bonchev–Trinajstić information content (AvgIpc) is 2.71. The van der Waals surface area contributed by atoms with Crippen molar-refractivity contribution in [3.63, 3.8) is 0 Å². The highest BCUT2D eigenvalue weighted by Crippen LogP contribution is 2.37. The lowest BCUT2D eigenvalue weighted by Gasteiger charge is -2.30. The maximum Gasteiger partial charge on any atom is 0.252 e. The standard InChI is InChI=1S/C12H17BrClNO2S2/c1-2-3-9-4-6-15(7-5-9)19(16,17)11-8-10(14)12(13)18-11/h8-9H,2-7H2,1H3. The van der Waals surface area contributed by atoms with Crippen LogP contribution in [-0.4, -0.2) is 25.8 Å². The van der Waals surface area contributed by atoms with Crippen molar-refractivity contribution in [2.45, 2.75) is 36.8 Å². The first-order valence-corrected chi connectivity index (χ1v) is 9.83. The van der Waals surface area contributed by atoms with Crippen LogP contribution in [0.25, 0.3) is 0 Å². The second-order valence-corrected chi connectivity index (χ2v) is 9.77. The number of rotatable bonds is 4. The van der Waals surface area contributed by atoms with Gasteiger partial charge in [-0.1, -0.05) is 31.4 Å². The number of hydrogen-bond acceptors (Lipinski definition) is 3. The van der Waals surface area contributed by atoms with E-state index in [4.69, 9.17) is 11.6 Å². The molecule has 0 saturated carbocycles. The van der Waals surface area contributed by atoms with E-state index < -0.39 is 10.0 Å². The van der Waals surface area contributed by atoms with Gasteiger partial charge in [-0.25, -0.2) is 8.42 Å². The molecule has 7 heteroatoms. The molecule has 2 heterocycles. The quantitative estimate of drug-likeness (QED) is 0.770. The van der Waals surface area contributed by atoms with Crippen LogP contribution in [-0.2, 0) is 10.0 Å². The van der Waals surface area contributed by atoms with Crippen LogP contribution in [0.4, 0.5) is 0 Å². The number of nitrogens with zero attached hydrogens (tertiary/aromatic N) is 1. The molecule has 3 nitrogen and oxygen atoms in total. The van der Waals surface area contributed by atoms with Crippen molar-refractivity contribution in [1.82, 2.24) is 4.31 Å². The van der Waals surface area contributed by atoms with E-state index >= 15 is 0 Å². The van der Waals surface area contributed by atoms with E-state index in [-0.39, 0.29) is 0 Å². The summed E-state index contributed by atoms with van der Waals surface area (Å²) in [4.78, 5) is 0. The summed E-state index contributed by atoms with van der Waals surface area (Å²) in [6, 6.07) is 1.53. The van der Waals surface area contributed by atoms with Crippen LogP contribution < -0.4 is 0 Å². The summed E-state index contributed by atoms with van der Waals surface area (Å²) in [5.74, 6) is 0.676. The minimum atomic E-state index is -3.36. The lowest BCUT2D eigenvalue weighted by molar-refractivity contribution is 0.263. The highest BCUT2D eigenvalue weighted by atomic mass is 79.9. The number of thiophene rings is 1. The Hall–Kier alpha value is 0.380. The molecule has 1 aliphatic rings. The van der Waals surface area contributed by atoms with Crippen LogP contribution >= 0.6 is 38.9 Å². The van der Waals surface area contributed by atoms with Gasteiger partial charge in [0.15, 0.2) is 0 Å².